The maximum Gasteiger partial charge on any atom is 0.267 e. The number of aryl methyl sites for hydroxylation is 1. The van der Waals surface area contributed by atoms with Crippen LogP contribution in [-0.2, 0) is 11.2 Å². The number of nitriles is 1. The van der Waals surface area contributed by atoms with E-state index >= 15 is 0 Å². The number of amides is 1. The van der Waals surface area contributed by atoms with Gasteiger partial charge >= 0.3 is 0 Å². The Hall–Kier alpha value is -3.92. The molecule has 1 N–H and O–H groups in total. The van der Waals surface area contributed by atoms with Crippen LogP contribution >= 0.6 is 0 Å². The number of carbonyl (C=O) groups excluding carboxylic acids is 1. The minimum Gasteiger partial charge on any atom is -0.356 e. The molecule has 0 radical (unpaired) electrons. The fourth-order valence-corrected chi connectivity index (χ4v) is 4.51. The van der Waals surface area contributed by atoms with E-state index in [4.69, 9.17) is 4.98 Å². The van der Waals surface area contributed by atoms with E-state index in [1.54, 1.807) is 19.2 Å². The number of fused-ring (bicyclic) bond motifs is 1. The maximum atomic E-state index is 13.5. The standard InChI is InChI=1S/C27H29N5O2/c1-3-29-26(33)22(18-28)17-23-25(30-24-19(2)8-7-13-32(24)27(23)34)31-14-11-21(12-15-31)16-20-9-5-4-6-10-20/h4-10,13,17,21H,3,11-12,14-16H2,1-2H3,(H,29,33). The molecule has 1 aliphatic rings. The lowest BCUT2D eigenvalue weighted by molar-refractivity contribution is -0.116. The highest BCUT2D eigenvalue weighted by atomic mass is 16.1. The van der Waals surface area contributed by atoms with Crippen LogP contribution in [0.5, 0.6) is 0 Å². The summed E-state index contributed by atoms with van der Waals surface area (Å²) in [5.74, 6) is 0.603. The zero-order valence-electron chi connectivity index (χ0n) is 19.6. The summed E-state index contributed by atoms with van der Waals surface area (Å²) in [6.45, 7) is 5.62. The number of benzene rings is 1. The van der Waals surface area contributed by atoms with Gasteiger partial charge in [0.05, 0.1) is 5.56 Å². The van der Waals surface area contributed by atoms with E-state index in [-0.39, 0.29) is 16.7 Å². The molecule has 174 valence electrons. The largest absolute Gasteiger partial charge is 0.356 e. The van der Waals surface area contributed by atoms with E-state index < -0.39 is 5.91 Å². The summed E-state index contributed by atoms with van der Waals surface area (Å²) in [5.41, 5.74) is 2.69. The number of nitrogens with zero attached hydrogens (tertiary/aromatic N) is 4. The van der Waals surface area contributed by atoms with Gasteiger partial charge in [-0.1, -0.05) is 36.4 Å². The molecule has 0 spiro atoms. The van der Waals surface area contributed by atoms with Crippen LogP contribution in [0.25, 0.3) is 11.7 Å². The molecule has 7 nitrogen and oxygen atoms in total. The number of nitrogens with one attached hydrogen (secondary N) is 1. The number of anilines is 1. The van der Waals surface area contributed by atoms with Gasteiger partial charge in [-0.3, -0.25) is 14.0 Å². The molecule has 34 heavy (non-hydrogen) atoms. The van der Waals surface area contributed by atoms with Crippen LogP contribution in [-0.4, -0.2) is 34.9 Å². The SMILES string of the molecule is CCNC(=O)C(C#N)=Cc1c(N2CCC(Cc3ccccc3)CC2)nc2c(C)cccn2c1=O. The van der Waals surface area contributed by atoms with Crippen molar-refractivity contribution in [2.24, 2.45) is 5.92 Å². The van der Waals surface area contributed by atoms with Gasteiger partial charge in [0.15, 0.2) is 0 Å². The highest BCUT2D eigenvalue weighted by Crippen LogP contribution is 2.27. The Balaban J connectivity index is 1.71. The second-order valence-electron chi connectivity index (χ2n) is 8.69. The Morgan fingerprint density at radius 1 is 1.21 bits per heavy atom. The van der Waals surface area contributed by atoms with E-state index in [1.165, 1.54) is 16.0 Å². The lowest BCUT2D eigenvalue weighted by Gasteiger charge is -2.33. The van der Waals surface area contributed by atoms with Gasteiger partial charge in [0.25, 0.3) is 11.5 Å². The summed E-state index contributed by atoms with van der Waals surface area (Å²) in [6.07, 6.45) is 6.05. The van der Waals surface area contributed by atoms with Gasteiger partial charge in [-0.15, -0.1) is 0 Å². The molecule has 0 aliphatic carbocycles. The van der Waals surface area contributed by atoms with Crippen LogP contribution in [0.2, 0.25) is 0 Å². The molecule has 0 atom stereocenters. The van der Waals surface area contributed by atoms with Crippen LogP contribution in [0.4, 0.5) is 5.82 Å². The third-order valence-corrected chi connectivity index (χ3v) is 6.34. The predicted octanol–water partition coefficient (Wildman–Crippen LogP) is 3.51. The van der Waals surface area contributed by atoms with Gasteiger partial charge in [-0.25, -0.2) is 4.98 Å². The van der Waals surface area contributed by atoms with Crippen molar-refractivity contribution in [1.82, 2.24) is 14.7 Å². The number of hydrogen-bond acceptors (Lipinski definition) is 5. The topological polar surface area (TPSA) is 90.5 Å². The van der Waals surface area contributed by atoms with Gasteiger partial charge in [-0.2, -0.15) is 5.26 Å². The third kappa shape index (κ3) is 4.86. The number of likely N-dealkylation sites (N-methyl/N-ethyl adjacent to an activating group) is 1. The molecule has 0 bridgehead atoms. The maximum absolute atomic E-state index is 13.5. The van der Waals surface area contributed by atoms with Crippen LogP contribution in [0.1, 0.15) is 36.5 Å². The number of piperidine rings is 1. The second kappa shape index (κ2) is 10.3. The molecule has 1 amide bonds. The van der Waals surface area contributed by atoms with Gasteiger partial charge in [-0.05, 0) is 62.3 Å². The van der Waals surface area contributed by atoms with Gasteiger partial charge in [0, 0.05) is 25.8 Å². The molecule has 1 saturated heterocycles. The van der Waals surface area contributed by atoms with Crippen molar-refractivity contribution in [3.63, 3.8) is 0 Å². The van der Waals surface area contributed by atoms with E-state index in [0.717, 1.165) is 37.9 Å². The summed E-state index contributed by atoms with van der Waals surface area (Å²) in [5, 5.41) is 12.2. The monoisotopic (exact) mass is 455 g/mol. The van der Waals surface area contributed by atoms with Crippen LogP contribution in [0, 0.1) is 24.2 Å². The molecule has 2 aromatic heterocycles. The minimum atomic E-state index is -0.494. The lowest BCUT2D eigenvalue weighted by atomic mass is 9.90. The average Bonchev–Trinajstić information content (AvgIpc) is 2.85. The van der Waals surface area contributed by atoms with Gasteiger partial charge < -0.3 is 10.2 Å². The smallest absolute Gasteiger partial charge is 0.267 e. The van der Waals surface area contributed by atoms with Crippen molar-refractivity contribution < 1.29 is 4.79 Å². The van der Waals surface area contributed by atoms with E-state index in [2.05, 4.69) is 34.5 Å². The Bertz CT molecular complexity index is 1310. The van der Waals surface area contributed by atoms with Crippen LogP contribution < -0.4 is 15.8 Å². The molecule has 7 heteroatoms. The first-order chi connectivity index (χ1) is 16.5. The molecule has 0 unspecified atom stereocenters. The van der Waals surface area contributed by atoms with E-state index in [1.807, 2.05) is 25.1 Å². The zero-order chi connectivity index (χ0) is 24.1. The molecule has 1 aliphatic heterocycles. The Kier molecular flexibility index (Phi) is 7.07. The molecule has 1 aromatic carbocycles. The summed E-state index contributed by atoms with van der Waals surface area (Å²) in [7, 11) is 0. The van der Waals surface area contributed by atoms with Crippen LogP contribution in [0.3, 0.4) is 0 Å². The third-order valence-electron chi connectivity index (χ3n) is 6.34. The Labute approximate surface area is 199 Å². The summed E-state index contributed by atoms with van der Waals surface area (Å²) in [4.78, 5) is 32.8. The minimum absolute atomic E-state index is 0.103. The summed E-state index contributed by atoms with van der Waals surface area (Å²) >= 11 is 0. The molecule has 0 saturated carbocycles. The van der Waals surface area contributed by atoms with Crippen molar-refractivity contribution in [2.75, 3.05) is 24.5 Å². The summed E-state index contributed by atoms with van der Waals surface area (Å²) in [6, 6.07) is 16.1. The number of hydrogen-bond donors (Lipinski definition) is 1. The predicted molar refractivity (Wildman–Crippen MR) is 134 cm³/mol. The van der Waals surface area contributed by atoms with Crippen molar-refractivity contribution in [3.8, 4) is 6.07 Å². The molecular weight excluding hydrogens is 426 g/mol. The van der Waals surface area contributed by atoms with Crippen molar-refractivity contribution >= 4 is 23.4 Å². The first kappa shape index (κ1) is 23.2. The van der Waals surface area contributed by atoms with E-state index in [9.17, 15) is 14.9 Å². The van der Waals surface area contributed by atoms with Gasteiger partial charge in [0.2, 0.25) is 0 Å². The molecule has 3 aromatic rings. The fraction of sp³-hybridized carbons (Fsp3) is 0.333. The summed E-state index contributed by atoms with van der Waals surface area (Å²) < 4.78 is 1.49. The highest BCUT2D eigenvalue weighted by Gasteiger charge is 2.25. The van der Waals surface area contributed by atoms with Crippen molar-refractivity contribution in [3.05, 3.63) is 81.3 Å². The quantitative estimate of drug-likeness (QED) is 0.454. The Morgan fingerprint density at radius 2 is 1.94 bits per heavy atom. The first-order valence-corrected chi connectivity index (χ1v) is 11.7. The normalized spacial score (nSPS) is 14.7. The Morgan fingerprint density at radius 3 is 2.62 bits per heavy atom. The zero-order valence-corrected chi connectivity index (χ0v) is 19.6. The highest BCUT2D eigenvalue weighted by molar-refractivity contribution is 6.02. The molecule has 1 fully saturated rings. The first-order valence-electron chi connectivity index (χ1n) is 11.7. The molecular formula is C27H29N5O2. The number of aromatic nitrogens is 2. The number of pyridine rings is 1. The molecule has 4 rings (SSSR count). The van der Waals surface area contributed by atoms with E-state index in [0.29, 0.717) is 23.9 Å². The fourth-order valence-electron chi connectivity index (χ4n) is 4.51. The van der Waals surface area contributed by atoms with Crippen LogP contribution in [0.15, 0.2) is 59.0 Å². The lowest BCUT2D eigenvalue weighted by Crippen LogP contribution is -2.37. The average molecular weight is 456 g/mol. The number of carbonyl (C=O) groups is 1. The van der Waals surface area contributed by atoms with Gasteiger partial charge in [0.1, 0.15) is 23.1 Å². The van der Waals surface area contributed by atoms with Crippen molar-refractivity contribution in [1.29, 1.82) is 5.26 Å². The second-order valence-corrected chi connectivity index (χ2v) is 8.69. The number of rotatable bonds is 6. The molecule has 3 heterocycles. The van der Waals surface area contributed by atoms with Crippen molar-refractivity contribution in [2.45, 2.75) is 33.1 Å².